The molecule has 0 aliphatic carbocycles. The number of nitrogens with zero attached hydrogens (tertiary/aromatic N) is 2. The molecule has 8 heteroatoms. The summed E-state index contributed by atoms with van der Waals surface area (Å²) in [5.74, 6) is -1.93. The predicted octanol–water partition coefficient (Wildman–Crippen LogP) is -0.948. The number of nitrogens with one attached hydrogen (secondary N) is 1. The quantitative estimate of drug-likeness (QED) is 0.558. The van der Waals surface area contributed by atoms with Gasteiger partial charge in [-0.3, -0.25) is 9.59 Å². The number of hydrogen-bond acceptors (Lipinski definition) is 4. The largest absolute Gasteiger partial charge is 0.480 e. The van der Waals surface area contributed by atoms with Crippen molar-refractivity contribution in [2.75, 3.05) is 32.7 Å². The summed E-state index contributed by atoms with van der Waals surface area (Å²) >= 11 is 0. The smallest absolute Gasteiger partial charge is 0.323 e. The number of amides is 3. The van der Waals surface area contributed by atoms with Gasteiger partial charge in [0.2, 0.25) is 5.91 Å². The monoisotopic (exact) mass is 286 g/mol. The number of hydrogen-bond donors (Lipinski definition) is 3. The summed E-state index contributed by atoms with van der Waals surface area (Å²) in [6.07, 6.45) is 2.32. The van der Waals surface area contributed by atoms with Crippen molar-refractivity contribution in [1.29, 1.82) is 0 Å². The highest BCUT2D eigenvalue weighted by molar-refractivity contribution is 5.86. The van der Waals surface area contributed by atoms with Gasteiger partial charge in [-0.25, -0.2) is 4.79 Å². The number of primary amides is 1. The number of carbonyl (C=O) groups is 3. The fourth-order valence-electron chi connectivity index (χ4n) is 2.25. The molecule has 1 saturated heterocycles. The lowest BCUT2D eigenvalue weighted by Crippen LogP contribution is -2.51. The van der Waals surface area contributed by atoms with Gasteiger partial charge in [0.15, 0.2) is 0 Å². The molecular formula is C12H22N4O4. The van der Waals surface area contributed by atoms with Crippen molar-refractivity contribution in [2.45, 2.75) is 25.8 Å². The Balaban J connectivity index is 2.46. The molecule has 1 rings (SSSR count). The van der Waals surface area contributed by atoms with Crippen LogP contribution in [0.3, 0.4) is 0 Å². The van der Waals surface area contributed by atoms with Crippen molar-refractivity contribution >= 4 is 17.9 Å². The molecule has 8 nitrogen and oxygen atoms in total. The standard InChI is InChI=1S/C12H22N4O4/c1-9(6-15-4-2-3-5-15)14-12(20)16(7-10(13)17)8-11(18)19/h9H,2-8H2,1H3,(H2,13,17)(H,14,20)(H,18,19). The second-order valence-corrected chi connectivity index (χ2v) is 5.07. The van der Waals surface area contributed by atoms with E-state index in [2.05, 4.69) is 10.2 Å². The lowest BCUT2D eigenvalue weighted by Gasteiger charge is -2.25. The number of carboxylic acid groups (broad SMARTS) is 1. The minimum atomic E-state index is -1.19. The van der Waals surface area contributed by atoms with Gasteiger partial charge in [-0.1, -0.05) is 0 Å². The summed E-state index contributed by atoms with van der Waals surface area (Å²) in [6, 6.07) is -0.706. The van der Waals surface area contributed by atoms with E-state index in [4.69, 9.17) is 10.8 Å². The Bertz CT molecular complexity index is 352. The third-order valence-electron chi connectivity index (χ3n) is 3.06. The topological polar surface area (TPSA) is 116 Å². The van der Waals surface area contributed by atoms with E-state index < -0.39 is 31.0 Å². The first-order chi connectivity index (χ1) is 9.38. The molecule has 0 aromatic carbocycles. The Labute approximate surface area is 117 Å². The maximum absolute atomic E-state index is 11.9. The second-order valence-electron chi connectivity index (χ2n) is 5.07. The number of carboxylic acids is 1. The average molecular weight is 286 g/mol. The minimum Gasteiger partial charge on any atom is -0.480 e. The van der Waals surface area contributed by atoms with Crippen LogP contribution in [0, 0.1) is 0 Å². The second kappa shape index (κ2) is 7.68. The van der Waals surface area contributed by atoms with Crippen molar-refractivity contribution < 1.29 is 19.5 Å². The van der Waals surface area contributed by atoms with Gasteiger partial charge in [-0.15, -0.1) is 0 Å². The Kier molecular flexibility index (Phi) is 6.23. The van der Waals surface area contributed by atoms with Gasteiger partial charge in [0.1, 0.15) is 13.1 Å². The number of urea groups is 1. The van der Waals surface area contributed by atoms with Gasteiger partial charge in [-0.2, -0.15) is 0 Å². The fourth-order valence-corrected chi connectivity index (χ4v) is 2.25. The molecule has 1 aliphatic rings. The number of nitrogens with two attached hydrogens (primary N) is 1. The number of carbonyl (C=O) groups excluding carboxylic acids is 2. The van der Waals surface area contributed by atoms with E-state index in [1.165, 1.54) is 0 Å². The van der Waals surface area contributed by atoms with E-state index in [0.717, 1.165) is 30.8 Å². The molecule has 0 bridgehead atoms. The van der Waals surface area contributed by atoms with Crippen LogP contribution in [-0.2, 0) is 9.59 Å². The van der Waals surface area contributed by atoms with Crippen molar-refractivity contribution in [2.24, 2.45) is 5.73 Å². The maximum atomic E-state index is 11.9. The molecule has 4 N–H and O–H groups in total. The molecule has 1 aliphatic heterocycles. The normalized spacial score (nSPS) is 16.6. The summed E-state index contributed by atoms with van der Waals surface area (Å²) in [5, 5.41) is 11.4. The molecule has 1 atom stereocenters. The zero-order valence-electron chi connectivity index (χ0n) is 11.7. The van der Waals surface area contributed by atoms with Crippen molar-refractivity contribution in [1.82, 2.24) is 15.1 Å². The summed E-state index contributed by atoms with van der Waals surface area (Å²) in [7, 11) is 0. The fraction of sp³-hybridized carbons (Fsp3) is 0.750. The van der Waals surface area contributed by atoms with Gasteiger partial charge in [0.05, 0.1) is 0 Å². The van der Waals surface area contributed by atoms with E-state index >= 15 is 0 Å². The SMILES string of the molecule is CC(CN1CCCC1)NC(=O)N(CC(N)=O)CC(=O)O. The van der Waals surface area contributed by atoms with Crippen LogP contribution >= 0.6 is 0 Å². The highest BCUT2D eigenvalue weighted by Gasteiger charge is 2.21. The zero-order chi connectivity index (χ0) is 15.1. The number of aliphatic carboxylic acids is 1. The highest BCUT2D eigenvalue weighted by Crippen LogP contribution is 2.07. The van der Waals surface area contributed by atoms with Crippen LogP contribution in [0.15, 0.2) is 0 Å². The first-order valence-electron chi connectivity index (χ1n) is 6.66. The van der Waals surface area contributed by atoms with Crippen molar-refractivity contribution in [3.63, 3.8) is 0 Å². The van der Waals surface area contributed by atoms with Crippen molar-refractivity contribution in [3.05, 3.63) is 0 Å². The van der Waals surface area contributed by atoms with Gasteiger partial charge >= 0.3 is 12.0 Å². The van der Waals surface area contributed by atoms with Gasteiger partial charge < -0.3 is 26.0 Å². The van der Waals surface area contributed by atoms with Gasteiger partial charge in [0.25, 0.3) is 0 Å². The third kappa shape index (κ3) is 5.87. The average Bonchev–Trinajstić information content (AvgIpc) is 2.79. The molecule has 0 aromatic rings. The summed E-state index contributed by atoms with van der Waals surface area (Å²) in [5.41, 5.74) is 5.01. The predicted molar refractivity (Wildman–Crippen MR) is 72.1 cm³/mol. The van der Waals surface area contributed by atoms with Gasteiger partial charge in [-0.05, 0) is 32.9 Å². The summed E-state index contributed by atoms with van der Waals surface area (Å²) in [4.78, 5) is 36.6. The van der Waals surface area contributed by atoms with Crippen LogP contribution in [-0.4, -0.2) is 71.6 Å². The van der Waals surface area contributed by atoms with Crippen LogP contribution in [0.4, 0.5) is 4.79 Å². The molecule has 1 unspecified atom stereocenters. The van der Waals surface area contributed by atoms with E-state index in [9.17, 15) is 14.4 Å². The maximum Gasteiger partial charge on any atom is 0.323 e. The van der Waals surface area contributed by atoms with Crippen LogP contribution in [0.5, 0.6) is 0 Å². The lowest BCUT2D eigenvalue weighted by atomic mass is 10.3. The zero-order valence-corrected chi connectivity index (χ0v) is 11.7. The highest BCUT2D eigenvalue weighted by atomic mass is 16.4. The van der Waals surface area contributed by atoms with E-state index in [1.54, 1.807) is 0 Å². The molecule has 0 radical (unpaired) electrons. The molecule has 0 aromatic heterocycles. The molecule has 20 heavy (non-hydrogen) atoms. The van der Waals surface area contributed by atoms with E-state index in [1.807, 2.05) is 6.92 Å². The first-order valence-corrected chi connectivity index (χ1v) is 6.66. The Morgan fingerprint density at radius 3 is 2.40 bits per heavy atom. The number of rotatable bonds is 7. The Morgan fingerprint density at radius 2 is 1.90 bits per heavy atom. The molecular weight excluding hydrogens is 264 g/mol. The summed E-state index contributed by atoms with van der Waals surface area (Å²) < 4.78 is 0. The first kappa shape index (κ1) is 16.2. The van der Waals surface area contributed by atoms with Crippen molar-refractivity contribution in [3.8, 4) is 0 Å². The van der Waals surface area contributed by atoms with Gasteiger partial charge in [0, 0.05) is 12.6 Å². The van der Waals surface area contributed by atoms with E-state index in [-0.39, 0.29) is 6.04 Å². The molecule has 0 spiro atoms. The minimum absolute atomic E-state index is 0.121. The molecule has 1 fully saturated rings. The lowest BCUT2D eigenvalue weighted by molar-refractivity contribution is -0.137. The molecule has 0 saturated carbocycles. The molecule has 1 heterocycles. The molecule has 3 amide bonds. The van der Waals surface area contributed by atoms with Crippen LogP contribution in [0.25, 0.3) is 0 Å². The van der Waals surface area contributed by atoms with Crippen LogP contribution < -0.4 is 11.1 Å². The Hall–Kier alpha value is -1.83. The van der Waals surface area contributed by atoms with E-state index in [0.29, 0.717) is 6.54 Å². The summed E-state index contributed by atoms with van der Waals surface area (Å²) in [6.45, 7) is 3.63. The third-order valence-corrected chi connectivity index (χ3v) is 3.06. The van der Waals surface area contributed by atoms with Crippen LogP contribution in [0.2, 0.25) is 0 Å². The van der Waals surface area contributed by atoms with Crippen LogP contribution in [0.1, 0.15) is 19.8 Å². The number of likely N-dealkylation sites (tertiary alicyclic amines) is 1. The Morgan fingerprint density at radius 1 is 1.30 bits per heavy atom. The molecule has 114 valence electrons.